The molecule has 1 atom stereocenters. The lowest BCUT2D eigenvalue weighted by molar-refractivity contribution is 0.102. The molecule has 3 aromatic rings. The lowest BCUT2D eigenvalue weighted by atomic mass is 10.2. The van der Waals surface area contributed by atoms with E-state index < -0.39 is 0 Å². The number of thioether (sulfide) groups is 1. The summed E-state index contributed by atoms with van der Waals surface area (Å²) in [6.07, 6.45) is 2.53. The molecule has 1 fully saturated rings. The van der Waals surface area contributed by atoms with Gasteiger partial charge in [0.2, 0.25) is 0 Å². The number of amides is 1. The average Bonchev–Trinajstić information content (AvgIpc) is 3.29. The van der Waals surface area contributed by atoms with Gasteiger partial charge in [-0.3, -0.25) is 10.1 Å². The summed E-state index contributed by atoms with van der Waals surface area (Å²) in [5.74, 6) is 0.764. The number of carbonyl (C=O) groups excluding carboxylic acids is 1. The van der Waals surface area contributed by atoms with Gasteiger partial charge in [-0.15, -0.1) is 11.8 Å². The first-order valence-electron chi connectivity index (χ1n) is 8.30. The van der Waals surface area contributed by atoms with E-state index in [1.165, 1.54) is 11.3 Å². The van der Waals surface area contributed by atoms with Crippen LogP contribution in [0.2, 0.25) is 0 Å². The molecule has 25 heavy (non-hydrogen) atoms. The topological polar surface area (TPSA) is 51.2 Å². The molecule has 4 rings (SSSR count). The van der Waals surface area contributed by atoms with Crippen molar-refractivity contribution in [2.75, 3.05) is 17.7 Å². The maximum atomic E-state index is 12.7. The van der Waals surface area contributed by atoms with E-state index in [0.717, 1.165) is 40.3 Å². The second-order valence-electron chi connectivity index (χ2n) is 5.88. The van der Waals surface area contributed by atoms with Crippen molar-refractivity contribution in [3.05, 3.63) is 54.1 Å². The highest BCUT2D eigenvalue weighted by Crippen LogP contribution is 2.29. The second-order valence-corrected chi connectivity index (χ2v) is 7.98. The zero-order valence-corrected chi connectivity index (χ0v) is 15.2. The fraction of sp³-hybridized carbons (Fsp3) is 0.263. The Morgan fingerprint density at radius 2 is 2.08 bits per heavy atom. The van der Waals surface area contributed by atoms with E-state index in [9.17, 15) is 4.79 Å². The Labute approximate surface area is 154 Å². The van der Waals surface area contributed by atoms with Gasteiger partial charge in [-0.25, -0.2) is 4.98 Å². The van der Waals surface area contributed by atoms with Crippen LogP contribution in [0.1, 0.15) is 23.2 Å². The number of ether oxygens (including phenoxy) is 1. The van der Waals surface area contributed by atoms with Crippen LogP contribution < -0.4 is 5.32 Å². The third kappa shape index (κ3) is 3.86. The molecule has 2 heterocycles. The van der Waals surface area contributed by atoms with E-state index in [-0.39, 0.29) is 5.91 Å². The third-order valence-corrected chi connectivity index (χ3v) is 6.25. The quantitative estimate of drug-likeness (QED) is 0.654. The zero-order valence-electron chi connectivity index (χ0n) is 13.6. The Kier molecular flexibility index (Phi) is 5.01. The minimum Gasteiger partial charge on any atom is -0.377 e. The van der Waals surface area contributed by atoms with Gasteiger partial charge in [-0.2, -0.15) is 0 Å². The number of hydrogen-bond acceptors (Lipinski definition) is 5. The van der Waals surface area contributed by atoms with Crippen LogP contribution >= 0.6 is 23.1 Å². The van der Waals surface area contributed by atoms with Gasteiger partial charge < -0.3 is 4.74 Å². The summed E-state index contributed by atoms with van der Waals surface area (Å²) < 4.78 is 6.74. The van der Waals surface area contributed by atoms with E-state index in [1.54, 1.807) is 11.8 Å². The van der Waals surface area contributed by atoms with Gasteiger partial charge in [0.05, 0.1) is 21.9 Å². The maximum absolute atomic E-state index is 12.7. The van der Waals surface area contributed by atoms with Crippen molar-refractivity contribution in [3.63, 3.8) is 0 Å². The highest BCUT2D eigenvalue weighted by Gasteiger charge is 2.18. The van der Waals surface area contributed by atoms with Gasteiger partial charge in [0, 0.05) is 17.3 Å². The Balaban J connectivity index is 1.49. The molecule has 1 saturated heterocycles. The van der Waals surface area contributed by atoms with Crippen LogP contribution in [0.3, 0.4) is 0 Å². The van der Waals surface area contributed by atoms with Gasteiger partial charge >= 0.3 is 0 Å². The molecule has 128 valence electrons. The van der Waals surface area contributed by atoms with Crippen molar-refractivity contribution in [3.8, 4) is 0 Å². The summed E-state index contributed by atoms with van der Waals surface area (Å²) >= 11 is 3.18. The summed E-state index contributed by atoms with van der Waals surface area (Å²) in [6.45, 7) is 0.852. The second kappa shape index (κ2) is 7.56. The van der Waals surface area contributed by atoms with Crippen LogP contribution in [0.4, 0.5) is 5.13 Å². The van der Waals surface area contributed by atoms with E-state index in [4.69, 9.17) is 4.74 Å². The van der Waals surface area contributed by atoms with Crippen molar-refractivity contribution in [1.82, 2.24) is 4.98 Å². The average molecular weight is 370 g/mol. The number of carbonyl (C=O) groups is 1. The molecule has 0 radical (unpaired) electrons. The monoisotopic (exact) mass is 370 g/mol. The molecule has 0 aliphatic carbocycles. The van der Waals surface area contributed by atoms with E-state index >= 15 is 0 Å². The van der Waals surface area contributed by atoms with E-state index in [0.29, 0.717) is 16.8 Å². The third-order valence-electron chi connectivity index (χ3n) is 4.09. The normalized spacial score (nSPS) is 17.0. The maximum Gasteiger partial charge on any atom is 0.258 e. The standard InChI is InChI=1S/C19H18N2O2S2/c22-18(21-19-20-15-8-2-4-10-17(15)25-19)14-7-1-3-9-16(14)24-12-13-6-5-11-23-13/h1-4,7-10,13H,5-6,11-12H2,(H,20,21,22)/t13-/m1/s1. The number of para-hydroxylation sites is 1. The number of fused-ring (bicyclic) bond motifs is 1. The van der Waals surface area contributed by atoms with Crippen LogP contribution in [0.15, 0.2) is 53.4 Å². The van der Waals surface area contributed by atoms with Crippen molar-refractivity contribution in [1.29, 1.82) is 0 Å². The molecule has 1 aliphatic heterocycles. The highest BCUT2D eigenvalue weighted by molar-refractivity contribution is 7.99. The molecule has 0 bridgehead atoms. The molecule has 1 aromatic heterocycles. The summed E-state index contributed by atoms with van der Waals surface area (Å²) in [6, 6.07) is 15.6. The molecule has 1 amide bonds. The number of hydrogen-bond donors (Lipinski definition) is 1. The SMILES string of the molecule is O=C(Nc1nc2ccccc2s1)c1ccccc1SC[C@H]1CCCO1. The minimum absolute atomic E-state index is 0.116. The predicted octanol–water partition coefficient (Wildman–Crippen LogP) is 4.82. The van der Waals surface area contributed by atoms with E-state index in [2.05, 4.69) is 10.3 Å². The Hall–Kier alpha value is -1.89. The molecule has 0 saturated carbocycles. The Bertz CT molecular complexity index is 855. The Morgan fingerprint density at radius 1 is 1.24 bits per heavy atom. The van der Waals surface area contributed by atoms with Crippen molar-refractivity contribution in [2.45, 2.75) is 23.8 Å². The van der Waals surface area contributed by atoms with Crippen LogP contribution in [-0.2, 0) is 4.74 Å². The fourth-order valence-electron chi connectivity index (χ4n) is 2.83. The van der Waals surface area contributed by atoms with E-state index in [1.807, 2.05) is 48.5 Å². The number of benzene rings is 2. The van der Waals surface area contributed by atoms with Crippen LogP contribution in [0.25, 0.3) is 10.2 Å². The molecule has 2 aromatic carbocycles. The van der Waals surface area contributed by atoms with Gasteiger partial charge in [-0.05, 0) is 37.1 Å². The number of aromatic nitrogens is 1. The highest BCUT2D eigenvalue weighted by atomic mass is 32.2. The van der Waals surface area contributed by atoms with Gasteiger partial charge in [-0.1, -0.05) is 35.6 Å². The van der Waals surface area contributed by atoms with Crippen molar-refractivity contribution in [2.24, 2.45) is 0 Å². The number of thiazole rings is 1. The predicted molar refractivity (Wildman–Crippen MR) is 104 cm³/mol. The molecule has 0 spiro atoms. The first-order valence-corrected chi connectivity index (χ1v) is 10.1. The van der Waals surface area contributed by atoms with Crippen LogP contribution in [0, 0.1) is 0 Å². The number of nitrogens with one attached hydrogen (secondary N) is 1. The summed E-state index contributed by atoms with van der Waals surface area (Å²) in [7, 11) is 0. The van der Waals surface area contributed by atoms with Gasteiger partial charge in [0.15, 0.2) is 5.13 Å². The van der Waals surface area contributed by atoms with Crippen molar-refractivity contribution >= 4 is 44.4 Å². The number of anilines is 1. The molecule has 6 heteroatoms. The smallest absolute Gasteiger partial charge is 0.258 e. The summed E-state index contributed by atoms with van der Waals surface area (Å²) in [4.78, 5) is 18.2. The Morgan fingerprint density at radius 3 is 2.92 bits per heavy atom. The van der Waals surface area contributed by atoms with Gasteiger partial charge in [0.25, 0.3) is 5.91 Å². The molecule has 1 aliphatic rings. The van der Waals surface area contributed by atoms with Crippen molar-refractivity contribution < 1.29 is 9.53 Å². The summed E-state index contributed by atoms with van der Waals surface area (Å²) in [5, 5.41) is 3.57. The lowest BCUT2D eigenvalue weighted by Crippen LogP contribution is -2.14. The van der Waals surface area contributed by atoms with Crippen LogP contribution in [0.5, 0.6) is 0 Å². The number of nitrogens with zero attached hydrogens (tertiary/aromatic N) is 1. The van der Waals surface area contributed by atoms with Gasteiger partial charge in [0.1, 0.15) is 0 Å². The summed E-state index contributed by atoms with van der Waals surface area (Å²) in [5.41, 5.74) is 1.59. The largest absolute Gasteiger partial charge is 0.377 e. The molecule has 0 unspecified atom stereocenters. The molecular weight excluding hydrogens is 352 g/mol. The zero-order chi connectivity index (χ0) is 17.1. The minimum atomic E-state index is -0.116. The fourth-order valence-corrected chi connectivity index (χ4v) is 4.81. The number of rotatable bonds is 5. The first-order chi connectivity index (χ1) is 12.3. The molecular formula is C19H18N2O2S2. The van der Waals surface area contributed by atoms with Crippen LogP contribution in [-0.4, -0.2) is 29.4 Å². The lowest BCUT2D eigenvalue weighted by Gasteiger charge is -2.11. The molecule has 4 nitrogen and oxygen atoms in total. The molecule has 1 N–H and O–H groups in total. The first kappa shape index (κ1) is 16.6.